The number of ether oxygens (including phenoxy) is 1. The maximum Gasteiger partial charge on any atom is 0.335 e. The van der Waals surface area contributed by atoms with Crippen LogP contribution in [-0.2, 0) is 11.8 Å². The van der Waals surface area contributed by atoms with Crippen LogP contribution >= 0.6 is 0 Å². The van der Waals surface area contributed by atoms with Gasteiger partial charge < -0.3 is 14.4 Å². The van der Waals surface area contributed by atoms with Gasteiger partial charge in [-0.2, -0.15) is 0 Å². The highest BCUT2D eigenvalue weighted by atomic mass is 16.5. The van der Waals surface area contributed by atoms with E-state index in [-0.39, 0.29) is 18.0 Å². The molecule has 0 radical (unpaired) electrons. The monoisotopic (exact) mass is 484 g/mol. The molecule has 0 bridgehead atoms. The number of carboxylic acid groups (broad SMARTS) is 1. The molecule has 1 saturated heterocycles. The molecule has 1 aliphatic rings. The van der Waals surface area contributed by atoms with Crippen molar-refractivity contribution in [2.75, 3.05) is 11.4 Å². The molecule has 9 nitrogen and oxygen atoms in total. The van der Waals surface area contributed by atoms with Crippen LogP contribution in [0.5, 0.6) is 11.5 Å². The Hall–Kier alpha value is -4.66. The number of aryl methyl sites for hydroxylation is 1. The number of aromatic carboxylic acids is 1. The third kappa shape index (κ3) is 4.04. The van der Waals surface area contributed by atoms with E-state index in [0.29, 0.717) is 40.5 Å². The van der Waals surface area contributed by atoms with E-state index < -0.39 is 18.0 Å². The first kappa shape index (κ1) is 23.1. The fourth-order valence-electron chi connectivity index (χ4n) is 4.46. The number of carbonyl (C=O) groups excluding carboxylic acids is 2. The zero-order valence-electron chi connectivity index (χ0n) is 19.8. The molecule has 3 amide bonds. The number of carbonyl (C=O) groups is 3. The number of fused-ring (bicyclic) bond motifs is 1. The van der Waals surface area contributed by atoms with Gasteiger partial charge in [0.2, 0.25) is 0 Å². The van der Waals surface area contributed by atoms with Crippen LogP contribution in [0.3, 0.4) is 0 Å². The minimum absolute atomic E-state index is 0.0820. The van der Waals surface area contributed by atoms with Crippen molar-refractivity contribution in [3.8, 4) is 11.5 Å². The SMILES string of the molecule is CC[C@@H](c1nc2ccc(C(=O)O)cc2n1C)N1C(=O)CN(c2ccc(Oc3ccccc3)cc2)C1=O. The van der Waals surface area contributed by atoms with Crippen molar-refractivity contribution in [1.82, 2.24) is 14.5 Å². The van der Waals surface area contributed by atoms with Gasteiger partial charge in [0.05, 0.1) is 22.6 Å². The number of imide groups is 1. The average molecular weight is 485 g/mol. The minimum atomic E-state index is -1.03. The number of anilines is 1. The van der Waals surface area contributed by atoms with Gasteiger partial charge in [0.15, 0.2) is 0 Å². The summed E-state index contributed by atoms with van der Waals surface area (Å²) in [7, 11) is 1.76. The molecule has 0 unspecified atom stereocenters. The number of carboxylic acids is 1. The quantitative estimate of drug-likeness (QED) is 0.371. The molecule has 0 saturated carbocycles. The molecule has 2 heterocycles. The van der Waals surface area contributed by atoms with Gasteiger partial charge in [-0.15, -0.1) is 0 Å². The fraction of sp³-hybridized carbons (Fsp3) is 0.185. The molecule has 3 aromatic carbocycles. The van der Waals surface area contributed by atoms with E-state index in [1.54, 1.807) is 48.0 Å². The fourth-order valence-corrected chi connectivity index (χ4v) is 4.46. The topological polar surface area (TPSA) is 105 Å². The summed E-state index contributed by atoms with van der Waals surface area (Å²) in [6.07, 6.45) is 0.456. The van der Waals surface area contributed by atoms with Gasteiger partial charge in [0.1, 0.15) is 23.9 Å². The van der Waals surface area contributed by atoms with E-state index in [1.165, 1.54) is 15.9 Å². The van der Waals surface area contributed by atoms with Gasteiger partial charge in [0, 0.05) is 12.7 Å². The predicted molar refractivity (Wildman–Crippen MR) is 133 cm³/mol. The number of imidazole rings is 1. The minimum Gasteiger partial charge on any atom is -0.478 e. The number of hydrogen-bond acceptors (Lipinski definition) is 5. The van der Waals surface area contributed by atoms with E-state index in [0.717, 1.165) is 0 Å². The zero-order chi connectivity index (χ0) is 25.4. The molecule has 1 N–H and O–H groups in total. The van der Waals surface area contributed by atoms with Crippen molar-refractivity contribution in [3.63, 3.8) is 0 Å². The Morgan fingerprint density at radius 3 is 2.39 bits per heavy atom. The van der Waals surface area contributed by atoms with Gasteiger partial charge in [-0.05, 0) is 61.0 Å². The van der Waals surface area contributed by atoms with Crippen molar-refractivity contribution in [1.29, 1.82) is 0 Å². The Morgan fingerprint density at radius 1 is 1.03 bits per heavy atom. The Labute approximate surface area is 207 Å². The Bertz CT molecular complexity index is 1460. The van der Waals surface area contributed by atoms with Crippen LogP contribution < -0.4 is 9.64 Å². The van der Waals surface area contributed by atoms with E-state index in [9.17, 15) is 19.5 Å². The molecule has 1 atom stereocenters. The average Bonchev–Trinajstić information content (AvgIpc) is 3.37. The second-order valence-corrected chi connectivity index (χ2v) is 8.50. The lowest BCUT2D eigenvalue weighted by Crippen LogP contribution is -2.37. The number of benzene rings is 3. The second-order valence-electron chi connectivity index (χ2n) is 8.50. The van der Waals surface area contributed by atoms with Gasteiger partial charge in [-0.1, -0.05) is 25.1 Å². The highest BCUT2D eigenvalue weighted by molar-refractivity contribution is 6.12. The number of amides is 3. The third-order valence-electron chi connectivity index (χ3n) is 6.29. The predicted octanol–water partition coefficient (Wildman–Crippen LogP) is 4.98. The maximum atomic E-state index is 13.4. The number of urea groups is 1. The molecule has 36 heavy (non-hydrogen) atoms. The van der Waals surface area contributed by atoms with Gasteiger partial charge in [-0.25, -0.2) is 14.6 Å². The first-order chi connectivity index (χ1) is 17.4. The highest BCUT2D eigenvalue weighted by Gasteiger charge is 2.42. The zero-order valence-corrected chi connectivity index (χ0v) is 19.8. The van der Waals surface area contributed by atoms with E-state index in [1.807, 2.05) is 37.3 Å². The Morgan fingerprint density at radius 2 is 1.72 bits per heavy atom. The molecule has 1 aliphatic heterocycles. The molecule has 1 aromatic heterocycles. The van der Waals surface area contributed by atoms with Crippen molar-refractivity contribution in [2.45, 2.75) is 19.4 Å². The molecule has 5 rings (SSSR count). The summed E-state index contributed by atoms with van der Waals surface area (Å²) in [5, 5.41) is 9.33. The third-order valence-corrected chi connectivity index (χ3v) is 6.29. The highest BCUT2D eigenvalue weighted by Crippen LogP contribution is 2.33. The molecule has 1 fully saturated rings. The van der Waals surface area contributed by atoms with Crippen LogP contribution in [0.1, 0.15) is 35.6 Å². The largest absolute Gasteiger partial charge is 0.478 e. The summed E-state index contributed by atoms with van der Waals surface area (Å²) in [5.74, 6) is 0.478. The first-order valence-corrected chi connectivity index (χ1v) is 11.5. The van der Waals surface area contributed by atoms with Gasteiger partial charge in [0.25, 0.3) is 5.91 Å². The van der Waals surface area contributed by atoms with Crippen LogP contribution in [-0.4, -0.2) is 44.0 Å². The normalized spacial score (nSPS) is 14.5. The van der Waals surface area contributed by atoms with Crippen LogP contribution in [0.4, 0.5) is 10.5 Å². The van der Waals surface area contributed by atoms with Crippen molar-refractivity contribution in [2.24, 2.45) is 7.05 Å². The van der Waals surface area contributed by atoms with Crippen molar-refractivity contribution >= 4 is 34.6 Å². The van der Waals surface area contributed by atoms with Crippen LogP contribution in [0.2, 0.25) is 0 Å². The summed E-state index contributed by atoms with van der Waals surface area (Å²) < 4.78 is 7.56. The first-order valence-electron chi connectivity index (χ1n) is 11.5. The van der Waals surface area contributed by atoms with Crippen LogP contribution in [0.15, 0.2) is 72.8 Å². The summed E-state index contributed by atoms with van der Waals surface area (Å²) in [5.41, 5.74) is 1.95. The lowest BCUT2D eigenvalue weighted by molar-refractivity contribution is -0.126. The Kier molecular flexibility index (Phi) is 5.89. The molecule has 4 aromatic rings. The van der Waals surface area contributed by atoms with Crippen LogP contribution in [0.25, 0.3) is 11.0 Å². The number of rotatable bonds is 7. The van der Waals surface area contributed by atoms with Gasteiger partial charge in [-0.3, -0.25) is 14.6 Å². The number of aromatic nitrogens is 2. The van der Waals surface area contributed by atoms with E-state index in [2.05, 4.69) is 4.98 Å². The standard InChI is InChI=1S/C27H24N4O5/c1-3-22(25-28-21-14-9-17(26(33)34)15-23(21)29(25)2)31-24(32)16-30(27(31)35)18-10-12-20(13-11-18)36-19-7-5-4-6-8-19/h4-15,22H,3,16H2,1-2H3,(H,33,34)/t22-/m0/s1. The van der Waals surface area contributed by atoms with E-state index >= 15 is 0 Å². The van der Waals surface area contributed by atoms with E-state index in [4.69, 9.17) is 4.74 Å². The number of hydrogen-bond donors (Lipinski definition) is 1. The second kappa shape index (κ2) is 9.18. The molecule has 9 heteroatoms. The summed E-state index contributed by atoms with van der Waals surface area (Å²) in [6, 6.07) is 20.0. The molecule has 182 valence electrons. The van der Waals surface area contributed by atoms with Crippen molar-refractivity contribution in [3.05, 3.63) is 84.2 Å². The van der Waals surface area contributed by atoms with Crippen molar-refractivity contribution < 1.29 is 24.2 Å². The molecular formula is C27H24N4O5. The lowest BCUT2D eigenvalue weighted by Gasteiger charge is -2.25. The summed E-state index contributed by atoms with van der Waals surface area (Å²) in [6.45, 7) is 1.80. The van der Waals surface area contributed by atoms with Crippen LogP contribution in [0, 0.1) is 0 Å². The smallest absolute Gasteiger partial charge is 0.335 e. The lowest BCUT2D eigenvalue weighted by atomic mass is 10.2. The molecular weight excluding hydrogens is 460 g/mol. The number of para-hydroxylation sites is 1. The molecule has 0 spiro atoms. The number of nitrogens with zero attached hydrogens (tertiary/aromatic N) is 4. The van der Waals surface area contributed by atoms with Gasteiger partial charge >= 0.3 is 12.0 Å². The summed E-state index contributed by atoms with van der Waals surface area (Å²) in [4.78, 5) is 45.2. The molecule has 0 aliphatic carbocycles. The summed E-state index contributed by atoms with van der Waals surface area (Å²) >= 11 is 0. The Balaban J connectivity index is 1.40. The maximum absolute atomic E-state index is 13.4.